The Balaban J connectivity index is 3.32. The van der Waals surface area contributed by atoms with E-state index in [0.717, 1.165) is 25.0 Å². The van der Waals surface area contributed by atoms with Gasteiger partial charge in [-0.2, -0.15) is 0 Å². The van der Waals surface area contributed by atoms with Crippen LogP contribution in [0, 0.1) is 0 Å². The number of hydrogen-bond donors (Lipinski definition) is 1. The zero-order valence-electron chi connectivity index (χ0n) is 7.93. The van der Waals surface area contributed by atoms with Gasteiger partial charge in [-0.3, -0.25) is 0 Å². The van der Waals surface area contributed by atoms with E-state index in [1.165, 1.54) is 0 Å². The molecule has 0 aliphatic rings. The van der Waals surface area contributed by atoms with E-state index >= 15 is 0 Å². The van der Waals surface area contributed by atoms with Crippen molar-refractivity contribution >= 4 is 0 Å². The molecule has 2 nitrogen and oxygen atoms in total. The third-order valence-corrected chi connectivity index (χ3v) is 1.75. The Morgan fingerprint density at radius 3 is 2.45 bits per heavy atom. The highest BCUT2D eigenvalue weighted by molar-refractivity contribution is 5.01. The first kappa shape index (κ1) is 10.7. The first-order valence-electron chi connectivity index (χ1n) is 4.12. The molecule has 0 radical (unpaired) electrons. The maximum Gasteiger partial charge on any atom is 0.0222 e. The molecule has 0 amide bonds. The molecule has 0 bridgehead atoms. The van der Waals surface area contributed by atoms with Gasteiger partial charge in [-0.25, -0.2) is 0 Å². The Labute approximate surface area is 70.1 Å². The second-order valence-electron chi connectivity index (χ2n) is 3.35. The van der Waals surface area contributed by atoms with Crippen molar-refractivity contribution in [2.45, 2.75) is 25.8 Å². The van der Waals surface area contributed by atoms with Crippen molar-refractivity contribution < 1.29 is 0 Å². The van der Waals surface area contributed by atoms with Crippen LogP contribution in [0.2, 0.25) is 0 Å². The molecule has 0 aliphatic heterocycles. The molecule has 0 aromatic heterocycles. The lowest BCUT2D eigenvalue weighted by molar-refractivity contribution is 0.399. The summed E-state index contributed by atoms with van der Waals surface area (Å²) < 4.78 is 0. The molecule has 0 saturated heterocycles. The summed E-state index contributed by atoms with van der Waals surface area (Å²) in [6.07, 6.45) is 2.21. The molecule has 0 aliphatic carbocycles. The normalized spacial score (nSPS) is 13.5. The fourth-order valence-corrected chi connectivity index (χ4v) is 0.850. The van der Waals surface area contributed by atoms with Crippen molar-refractivity contribution in [2.24, 2.45) is 5.73 Å². The highest BCUT2D eigenvalue weighted by Gasteiger charge is 1.99. The second-order valence-corrected chi connectivity index (χ2v) is 3.35. The summed E-state index contributed by atoms with van der Waals surface area (Å²) in [5.41, 5.74) is 6.80. The average Bonchev–Trinajstić information content (AvgIpc) is 1.86. The monoisotopic (exact) mass is 156 g/mol. The number of nitrogens with two attached hydrogens (primary N) is 1. The lowest BCUT2D eigenvalue weighted by Crippen LogP contribution is -2.19. The number of rotatable bonds is 5. The fraction of sp³-hybridized carbons (Fsp3) is 0.778. The zero-order chi connectivity index (χ0) is 8.85. The van der Waals surface area contributed by atoms with Gasteiger partial charge in [-0.15, -0.1) is 0 Å². The first-order valence-corrected chi connectivity index (χ1v) is 4.12. The van der Waals surface area contributed by atoms with Crippen LogP contribution in [0.25, 0.3) is 0 Å². The second kappa shape index (κ2) is 5.33. The molecule has 0 saturated carbocycles. The Kier molecular flexibility index (Phi) is 5.16. The minimum atomic E-state index is 0.150. The Morgan fingerprint density at radius 2 is 2.09 bits per heavy atom. The van der Waals surface area contributed by atoms with Crippen molar-refractivity contribution in [2.75, 3.05) is 20.6 Å². The van der Waals surface area contributed by atoms with Gasteiger partial charge in [-0.1, -0.05) is 12.2 Å². The SMILES string of the molecule is C=C(CCCN(C)C)[C@@H](C)N. The number of nitrogens with zero attached hydrogens (tertiary/aromatic N) is 1. The van der Waals surface area contributed by atoms with E-state index in [1.54, 1.807) is 0 Å². The van der Waals surface area contributed by atoms with Gasteiger partial charge in [0.2, 0.25) is 0 Å². The molecular formula is C9H20N2. The molecule has 0 aromatic rings. The predicted octanol–water partition coefficient (Wildman–Crippen LogP) is 1.23. The van der Waals surface area contributed by atoms with Crippen molar-refractivity contribution in [1.82, 2.24) is 4.90 Å². The van der Waals surface area contributed by atoms with Crippen LogP contribution < -0.4 is 5.73 Å². The van der Waals surface area contributed by atoms with E-state index in [0.29, 0.717) is 0 Å². The van der Waals surface area contributed by atoms with E-state index in [4.69, 9.17) is 5.73 Å². The van der Waals surface area contributed by atoms with Crippen molar-refractivity contribution in [3.05, 3.63) is 12.2 Å². The van der Waals surface area contributed by atoms with E-state index < -0.39 is 0 Å². The Bertz CT molecular complexity index is 117. The maximum atomic E-state index is 5.64. The summed E-state index contributed by atoms with van der Waals surface area (Å²) in [4.78, 5) is 2.18. The van der Waals surface area contributed by atoms with Crippen LogP contribution in [0.3, 0.4) is 0 Å². The van der Waals surface area contributed by atoms with Crippen LogP contribution in [0.1, 0.15) is 19.8 Å². The summed E-state index contributed by atoms with van der Waals surface area (Å²) in [7, 11) is 4.16. The van der Waals surface area contributed by atoms with Gasteiger partial charge in [-0.05, 0) is 40.4 Å². The number of hydrogen-bond acceptors (Lipinski definition) is 2. The molecule has 2 N–H and O–H groups in total. The summed E-state index contributed by atoms with van der Waals surface area (Å²) in [5.74, 6) is 0. The third-order valence-electron chi connectivity index (χ3n) is 1.75. The minimum Gasteiger partial charge on any atom is -0.324 e. The third kappa shape index (κ3) is 6.07. The molecule has 66 valence electrons. The average molecular weight is 156 g/mol. The Morgan fingerprint density at radius 1 is 1.55 bits per heavy atom. The highest BCUT2D eigenvalue weighted by Crippen LogP contribution is 2.05. The maximum absolute atomic E-state index is 5.64. The Hall–Kier alpha value is -0.340. The van der Waals surface area contributed by atoms with Crippen molar-refractivity contribution in [3.63, 3.8) is 0 Å². The summed E-state index contributed by atoms with van der Waals surface area (Å²) >= 11 is 0. The van der Waals surface area contributed by atoms with E-state index in [1.807, 2.05) is 6.92 Å². The standard InChI is InChI=1S/C9H20N2/c1-8(9(2)10)6-5-7-11(3)4/h9H,1,5-7,10H2,2-4H3/t9-/m1/s1. The molecule has 0 aromatic carbocycles. The van der Waals surface area contributed by atoms with Crippen LogP contribution in [0.15, 0.2) is 12.2 Å². The van der Waals surface area contributed by atoms with E-state index in [2.05, 4.69) is 25.6 Å². The van der Waals surface area contributed by atoms with Crippen molar-refractivity contribution in [1.29, 1.82) is 0 Å². The van der Waals surface area contributed by atoms with Crippen molar-refractivity contribution in [3.8, 4) is 0 Å². The lowest BCUT2D eigenvalue weighted by Gasteiger charge is -2.12. The van der Waals surface area contributed by atoms with Gasteiger partial charge in [0.1, 0.15) is 0 Å². The quantitative estimate of drug-likeness (QED) is 0.607. The lowest BCUT2D eigenvalue weighted by atomic mass is 10.1. The van der Waals surface area contributed by atoms with E-state index in [-0.39, 0.29) is 6.04 Å². The fourth-order valence-electron chi connectivity index (χ4n) is 0.850. The molecule has 0 spiro atoms. The molecule has 11 heavy (non-hydrogen) atoms. The van der Waals surface area contributed by atoms with Gasteiger partial charge in [0.05, 0.1) is 0 Å². The van der Waals surface area contributed by atoms with E-state index in [9.17, 15) is 0 Å². The van der Waals surface area contributed by atoms with Crippen LogP contribution in [0.4, 0.5) is 0 Å². The predicted molar refractivity (Wildman–Crippen MR) is 50.6 cm³/mol. The van der Waals surface area contributed by atoms with Crippen LogP contribution in [-0.4, -0.2) is 31.6 Å². The van der Waals surface area contributed by atoms with Crippen LogP contribution in [-0.2, 0) is 0 Å². The molecule has 0 rings (SSSR count). The minimum absolute atomic E-state index is 0.150. The summed E-state index contributed by atoms with van der Waals surface area (Å²) in [6, 6.07) is 0.150. The van der Waals surface area contributed by atoms with Gasteiger partial charge in [0.15, 0.2) is 0 Å². The van der Waals surface area contributed by atoms with Gasteiger partial charge >= 0.3 is 0 Å². The molecule has 0 fully saturated rings. The smallest absolute Gasteiger partial charge is 0.0222 e. The zero-order valence-corrected chi connectivity index (χ0v) is 7.93. The molecule has 2 heteroatoms. The van der Waals surface area contributed by atoms with Crippen LogP contribution >= 0.6 is 0 Å². The van der Waals surface area contributed by atoms with Gasteiger partial charge in [0, 0.05) is 6.04 Å². The largest absolute Gasteiger partial charge is 0.324 e. The van der Waals surface area contributed by atoms with Gasteiger partial charge < -0.3 is 10.6 Å². The molecule has 1 atom stereocenters. The highest BCUT2D eigenvalue weighted by atomic mass is 15.0. The molecule has 0 unspecified atom stereocenters. The topological polar surface area (TPSA) is 29.3 Å². The first-order chi connectivity index (χ1) is 5.04. The summed E-state index contributed by atoms with van der Waals surface area (Å²) in [5, 5.41) is 0. The molecule has 0 heterocycles. The summed E-state index contributed by atoms with van der Waals surface area (Å²) in [6.45, 7) is 7.01. The molecular weight excluding hydrogens is 136 g/mol. The van der Waals surface area contributed by atoms with Crippen LogP contribution in [0.5, 0.6) is 0 Å². The van der Waals surface area contributed by atoms with Gasteiger partial charge in [0.25, 0.3) is 0 Å².